The highest BCUT2D eigenvalue weighted by molar-refractivity contribution is 5.91. The predicted octanol–water partition coefficient (Wildman–Crippen LogP) is 5.19. The van der Waals surface area contributed by atoms with E-state index in [1.54, 1.807) is 0 Å². The predicted molar refractivity (Wildman–Crippen MR) is 162 cm³/mol. The van der Waals surface area contributed by atoms with Crippen molar-refractivity contribution in [1.82, 2.24) is 10.6 Å². The molecule has 0 saturated heterocycles. The molecule has 0 heterocycles. The molecule has 7 nitrogen and oxygen atoms in total. The van der Waals surface area contributed by atoms with Gasteiger partial charge in [0, 0.05) is 6.42 Å². The van der Waals surface area contributed by atoms with Crippen molar-refractivity contribution >= 4 is 17.7 Å². The Labute approximate surface area is 248 Å². The number of fused-ring (bicyclic) bond motifs is 5. The number of primary amides is 1. The van der Waals surface area contributed by atoms with Gasteiger partial charge in [-0.1, -0.05) is 48.5 Å². The normalized spacial score (nSPS) is 38.8. The van der Waals surface area contributed by atoms with Gasteiger partial charge in [-0.05, 0) is 122 Å². The molecule has 0 aromatic carbocycles. The molecule has 7 heteroatoms. The Kier molecular flexibility index (Phi) is 9.87. The van der Waals surface area contributed by atoms with Gasteiger partial charge < -0.3 is 21.5 Å². The number of nitrogens with one attached hydrogen (secondary N) is 2. The fourth-order valence-corrected chi connectivity index (χ4v) is 10.4. The molecule has 0 bridgehead atoms. The molecular formula is C34H59N3O4. The molecule has 0 radical (unpaired) electrons. The summed E-state index contributed by atoms with van der Waals surface area (Å²) in [6.07, 6.45) is 12.1. The van der Waals surface area contributed by atoms with Gasteiger partial charge >= 0.3 is 0 Å². The minimum atomic E-state index is -0.755. The van der Waals surface area contributed by atoms with Crippen molar-refractivity contribution < 1.29 is 19.5 Å². The van der Waals surface area contributed by atoms with Gasteiger partial charge in [0.2, 0.25) is 17.7 Å². The molecule has 3 amide bonds. The molecule has 0 spiro atoms. The van der Waals surface area contributed by atoms with Gasteiger partial charge in [-0.3, -0.25) is 14.4 Å². The summed E-state index contributed by atoms with van der Waals surface area (Å²) >= 11 is 0. The largest absolute Gasteiger partial charge is 0.393 e. The molecule has 4 aliphatic carbocycles. The molecule has 4 saturated carbocycles. The van der Waals surface area contributed by atoms with E-state index in [0.29, 0.717) is 35.0 Å². The molecule has 41 heavy (non-hydrogen) atoms. The Bertz CT molecular complexity index is 968. The summed E-state index contributed by atoms with van der Waals surface area (Å²) in [6, 6.07) is -1.45. The summed E-state index contributed by atoms with van der Waals surface area (Å²) in [6.45, 7) is 14.9. The highest BCUT2D eigenvalue weighted by Gasteiger charge is 2.60. The third-order valence-electron chi connectivity index (χ3n) is 12.8. The first kappa shape index (κ1) is 32.3. The second kappa shape index (κ2) is 12.5. The van der Waals surface area contributed by atoms with Crippen molar-refractivity contribution in [3.05, 3.63) is 0 Å². The molecule has 4 rings (SSSR count). The van der Waals surface area contributed by atoms with E-state index in [0.717, 1.165) is 37.0 Å². The van der Waals surface area contributed by atoms with Crippen LogP contribution in [0.5, 0.6) is 0 Å². The molecule has 0 aromatic heterocycles. The fraction of sp³-hybridized carbons (Fsp3) is 0.912. The van der Waals surface area contributed by atoms with Crippen LogP contribution in [0.15, 0.2) is 0 Å². The highest BCUT2D eigenvalue weighted by atomic mass is 16.3. The van der Waals surface area contributed by atoms with Gasteiger partial charge in [0.15, 0.2) is 0 Å². The molecule has 0 aromatic rings. The quantitative estimate of drug-likeness (QED) is 0.287. The Morgan fingerprint density at radius 2 is 1.46 bits per heavy atom. The van der Waals surface area contributed by atoms with E-state index >= 15 is 0 Å². The second-order valence-electron chi connectivity index (χ2n) is 15.8. The summed E-state index contributed by atoms with van der Waals surface area (Å²) in [4.78, 5) is 37.9. The van der Waals surface area contributed by atoms with Crippen molar-refractivity contribution in [3.8, 4) is 0 Å². The number of nitrogens with two attached hydrogens (primary N) is 1. The average Bonchev–Trinajstić information content (AvgIpc) is 3.26. The summed E-state index contributed by atoms with van der Waals surface area (Å²) < 4.78 is 0. The van der Waals surface area contributed by atoms with Crippen molar-refractivity contribution in [2.45, 2.75) is 137 Å². The van der Waals surface area contributed by atoms with E-state index in [4.69, 9.17) is 5.73 Å². The van der Waals surface area contributed by atoms with E-state index in [9.17, 15) is 19.5 Å². The first-order valence-electron chi connectivity index (χ1n) is 16.8. The van der Waals surface area contributed by atoms with Crippen molar-refractivity contribution in [1.29, 1.82) is 0 Å². The minimum Gasteiger partial charge on any atom is -0.393 e. The van der Waals surface area contributed by atoms with Gasteiger partial charge in [0.1, 0.15) is 12.1 Å². The van der Waals surface area contributed by atoms with Crippen LogP contribution in [-0.4, -0.2) is 41.0 Å². The summed E-state index contributed by atoms with van der Waals surface area (Å²) in [5.74, 6) is 2.93. The Morgan fingerprint density at radius 1 is 0.829 bits per heavy atom. The molecule has 11 atom stereocenters. The number of aliphatic hydroxyl groups excluding tert-OH is 1. The number of hydrogen-bond acceptors (Lipinski definition) is 4. The lowest BCUT2D eigenvalue weighted by molar-refractivity contribution is -0.133. The van der Waals surface area contributed by atoms with E-state index < -0.39 is 18.0 Å². The number of aliphatic hydroxyl groups is 1. The third-order valence-corrected chi connectivity index (χ3v) is 12.8. The van der Waals surface area contributed by atoms with Crippen LogP contribution in [0.4, 0.5) is 0 Å². The number of rotatable bonds is 10. The molecule has 0 aliphatic heterocycles. The minimum absolute atomic E-state index is 0.0929. The van der Waals surface area contributed by atoms with E-state index in [2.05, 4.69) is 31.4 Å². The van der Waals surface area contributed by atoms with Crippen molar-refractivity contribution in [2.75, 3.05) is 0 Å². The molecule has 5 N–H and O–H groups in total. The summed E-state index contributed by atoms with van der Waals surface area (Å²) in [5, 5.41) is 16.1. The zero-order chi connectivity index (χ0) is 30.3. The number of carbonyl (C=O) groups is 3. The van der Waals surface area contributed by atoms with Crippen LogP contribution in [0.1, 0.15) is 119 Å². The van der Waals surface area contributed by atoms with Crippen LogP contribution in [0.3, 0.4) is 0 Å². The number of carbonyl (C=O) groups excluding carboxylic acids is 3. The second-order valence-corrected chi connectivity index (χ2v) is 15.8. The third kappa shape index (κ3) is 6.35. The number of hydrogen-bond donors (Lipinski definition) is 4. The van der Waals surface area contributed by atoms with Crippen LogP contribution < -0.4 is 16.4 Å². The van der Waals surface area contributed by atoms with Gasteiger partial charge in [0.25, 0.3) is 0 Å². The average molecular weight is 574 g/mol. The monoisotopic (exact) mass is 573 g/mol. The zero-order valence-corrected chi connectivity index (χ0v) is 26.9. The summed E-state index contributed by atoms with van der Waals surface area (Å²) in [5.41, 5.74) is 6.23. The number of amides is 3. The highest BCUT2D eigenvalue weighted by Crippen LogP contribution is 2.68. The fourth-order valence-electron chi connectivity index (χ4n) is 10.4. The van der Waals surface area contributed by atoms with Gasteiger partial charge in [-0.25, -0.2) is 0 Å². The van der Waals surface area contributed by atoms with Crippen LogP contribution in [0.25, 0.3) is 0 Å². The zero-order valence-electron chi connectivity index (χ0n) is 26.9. The van der Waals surface area contributed by atoms with E-state index in [1.165, 1.54) is 44.9 Å². The summed E-state index contributed by atoms with van der Waals surface area (Å²) in [7, 11) is 0. The van der Waals surface area contributed by atoms with Crippen LogP contribution in [0.2, 0.25) is 0 Å². The lowest BCUT2D eigenvalue weighted by Gasteiger charge is -2.61. The lowest BCUT2D eigenvalue weighted by Crippen LogP contribution is -2.56. The molecule has 4 aliphatic rings. The van der Waals surface area contributed by atoms with Crippen LogP contribution in [0, 0.1) is 58.2 Å². The Morgan fingerprint density at radius 3 is 2.10 bits per heavy atom. The molecule has 0 unspecified atom stereocenters. The Hall–Kier alpha value is -1.63. The van der Waals surface area contributed by atoms with Crippen molar-refractivity contribution in [3.63, 3.8) is 0 Å². The maximum Gasteiger partial charge on any atom is 0.243 e. The first-order valence-corrected chi connectivity index (χ1v) is 16.8. The molecular weight excluding hydrogens is 514 g/mol. The van der Waals surface area contributed by atoms with Gasteiger partial charge in [0.05, 0.1) is 6.10 Å². The molecule has 4 fully saturated rings. The van der Waals surface area contributed by atoms with E-state index in [-0.39, 0.29) is 29.8 Å². The maximum absolute atomic E-state index is 13.1. The Balaban J connectivity index is 1.34. The topological polar surface area (TPSA) is 122 Å². The van der Waals surface area contributed by atoms with Crippen molar-refractivity contribution in [2.24, 2.45) is 63.9 Å². The maximum atomic E-state index is 13.1. The SMILES string of the molecule is CC(C)[C@H](NC(=O)[C@@H](NC(=O)CC[C@@H](C)[C@H]1CC[C@H]2[C@@H]3CC[C@@H]4C[C@H](O)CC[C@]4(C)[C@H]3CC[C@]12C)C(C)C)C(N)=O. The van der Waals surface area contributed by atoms with E-state index in [1.807, 2.05) is 27.7 Å². The smallest absolute Gasteiger partial charge is 0.243 e. The first-order chi connectivity index (χ1) is 19.2. The molecule has 234 valence electrons. The van der Waals surface area contributed by atoms with Crippen LogP contribution >= 0.6 is 0 Å². The van der Waals surface area contributed by atoms with Gasteiger partial charge in [-0.2, -0.15) is 0 Å². The lowest BCUT2D eigenvalue weighted by atomic mass is 9.44. The van der Waals surface area contributed by atoms with Crippen LogP contribution in [-0.2, 0) is 14.4 Å². The standard InChI is InChI=1S/C34H59N3O4/c1-19(2)29(31(35)40)37-32(41)30(20(3)4)36-28(39)13-8-21(5)25-11-12-26-24-10-9-22-18-23(38)14-16-33(22,6)27(24)15-17-34(25,26)7/h19-27,29-30,38H,8-18H2,1-7H3,(H2,35,40)(H,36,39)(H,37,41)/t21-,22-,23-,24+,25-,26+,27+,29+,30+,33+,34-/m1/s1. The van der Waals surface area contributed by atoms with Gasteiger partial charge in [-0.15, -0.1) is 0 Å².